The third-order valence-corrected chi connectivity index (χ3v) is 8.39. The van der Waals surface area contributed by atoms with E-state index in [0.29, 0.717) is 17.0 Å². The number of carboxylic acid groups (broad SMARTS) is 1. The number of fused-ring (bicyclic) bond motifs is 1. The van der Waals surface area contributed by atoms with Crippen LogP contribution in [0, 0.1) is 5.41 Å². The van der Waals surface area contributed by atoms with Crippen molar-refractivity contribution in [1.29, 1.82) is 0 Å². The highest BCUT2D eigenvalue weighted by Gasteiger charge is 2.64. The van der Waals surface area contributed by atoms with Gasteiger partial charge in [0.2, 0.25) is 0 Å². The summed E-state index contributed by atoms with van der Waals surface area (Å²) in [7, 11) is 0. The first-order valence-corrected chi connectivity index (χ1v) is 13.6. The molecule has 2 aromatic carbocycles. The Morgan fingerprint density at radius 2 is 1.74 bits per heavy atom. The molecule has 3 amide bonds. The van der Waals surface area contributed by atoms with Gasteiger partial charge in [-0.3, -0.25) is 19.6 Å². The van der Waals surface area contributed by atoms with E-state index in [-0.39, 0.29) is 38.4 Å². The molecule has 0 bridgehead atoms. The fourth-order valence-electron chi connectivity index (χ4n) is 4.79. The van der Waals surface area contributed by atoms with Gasteiger partial charge in [-0.15, -0.1) is 0 Å². The summed E-state index contributed by atoms with van der Waals surface area (Å²) in [5, 5.41) is 16.5. The first-order chi connectivity index (χ1) is 19.7. The molecule has 3 N–H and O–H groups in total. The second-order valence-electron chi connectivity index (χ2n) is 10.8. The predicted octanol–water partition coefficient (Wildman–Crippen LogP) is 7.50. The van der Waals surface area contributed by atoms with Crippen molar-refractivity contribution < 1.29 is 45.8 Å². The van der Waals surface area contributed by atoms with Crippen LogP contribution < -0.4 is 5.32 Å². The summed E-state index contributed by atoms with van der Waals surface area (Å²) < 4.78 is 85.5. The zero-order valence-electron chi connectivity index (χ0n) is 22.6. The molecule has 8 nitrogen and oxygen atoms in total. The molecule has 1 fully saturated rings. The summed E-state index contributed by atoms with van der Waals surface area (Å²) in [4.78, 5) is 38.2. The Morgan fingerprint density at radius 3 is 2.33 bits per heavy atom. The average Bonchev–Trinajstić information content (AvgIpc) is 3.44. The molecule has 0 aliphatic carbocycles. The van der Waals surface area contributed by atoms with Gasteiger partial charge in [-0.25, -0.2) is 4.79 Å². The number of alkyl halides is 6. The summed E-state index contributed by atoms with van der Waals surface area (Å²) in [6, 6.07) is 7.54. The summed E-state index contributed by atoms with van der Waals surface area (Å²) >= 11 is 6.07. The number of allylic oxidation sites excluding steroid dienone is 1. The Morgan fingerprint density at radius 1 is 1.07 bits per heavy atom. The van der Waals surface area contributed by atoms with Crippen molar-refractivity contribution in [2.75, 3.05) is 6.54 Å². The molecule has 0 radical (unpaired) electrons. The van der Waals surface area contributed by atoms with Gasteiger partial charge in [0.05, 0.1) is 28.7 Å². The lowest BCUT2D eigenvalue weighted by molar-refractivity contribution is -0.225. The third kappa shape index (κ3) is 6.18. The van der Waals surface area contributed by atoms with Gasteiger partial charge in [-0.1, -0.05) is 44.5 Å². The maximum absolute atomic E-state index is 14.5. The normalized spacial score (nSPS) is 17.4. The van der Waals surface area contributed by atoms with E-state index in [1.807, 2.05) is 0 Å². The zero-order valence-corrected chi connectivity index (χ0v) is 24.1. The second-order valence-corrected chi connectivity index (χ2v) is 12.2. The standard InChI is InChI=1S/C27H23ClF6N4O4S/c1-24(2,3)25(27(32,33)34,36-22(40)41)12-38-21(39)20(43-23(38)42)17(13-5-7-19-15(8-13)11-35-37-19)9-14-4-6-16(28)10-18(14)26(29,30)31/h4-8,10-11,36H,9,12H2,1-3H3,(H,35,37)(H,40,41)/b20-17-. The summed E-state index contributed by atoms with van der Waals surface area (Å²) in [5.41, 5.74) is -5.89. The van der Waals surface area contributed by atoms with E-state index in [0.717, 1.165) is 26.8 Å². The van der Waals surface area contributed by atoms with E-state index in [1.54, 1.807) is 6.07 Å². The number of benzene rings is 2. The van der Waals surface area contributed by atoms with Crippen molar-refractivity contribution in [2.45, 2.75) is 45.1 Å². The van der Waals surface area contributed by atoms with Gasteiger partial charge in [-0.05, 0) is 64.6 Å². The number of nitrogens with one attached hydrogen (secondary N) is 2. The zero-order chi connectivity index (χ0) is 32.1. The third-order valence-electron chi connectivity index (χ3n) is 7.14. The number of carbonyl (C=O) groups is 3. The Labute approximate surface area is 249 Å². The van der Waals surface area contributed by atoms with Crippen LogP contribution in [0.4, 0.5) is 35.9 Å². The highest BCUT2D eigenvalue weighted by Crippen LogP contribution is 2.47. The van der Waals surface area contributed by atoms with E-state index in [2.05, 4.69) is 10.2 Å². The number of H-pyrrole nitrogens is 1. The molecule has 2 heterocycles. The number of rotatable bonds is 6. The van der Waals surface area contributed by atoms with Gasteiger partial charge in [0.15, 0.2) is 5.54 Å². The van der Waals surface area contributed by atoms with Gasteiger partial charge in [0.25, 0.3) is 11.1 Å². The van der Waals surface area contributed by atoms with Crippen molar-refractivity contribution in [1.82, 2.24) is 20.4 Å². The Balaban J connectivity index is 1.90. The van der Waals surface area contributed by atoms with E-state index in [4.69, 9.17) is 11.6 Å². The molecule has 16 heteroatoms. The van der Waals surface area contributed by atoms with Crippen LogP contribution in [-0.4, -0.2) is 55.7 Å². The number of hydrogen-bond acceptors (Lipinski definition) is 5. The van der Waals surface area contributed by atoms with Crippen LogP contribution in [0.1, 0.15) is 37.5 Å². The lowest BCUT2D eigenvalue weighted by Crippen LogP contribution is -2.70. The van der Waals surface area contributed by atoms with E-state index >= 15 is 0 Å². The van der Waals surface area contributed by atoms with Gasteiger partial charge in [0.1, 0.15) is 0 Å². The molecular weight excluding hydrogens is 626 g/mol. The van der Waals surface area contributed by atoms with Crippen molar-refractivity contribution in [3.8, 4) is 0 Å². The van der Waals surface area contributed by atoms with E-state index in [1.165, 1.54) is 29.7 Å². The fraction of sp³-hybridized carbons (Fsp3) is 0.333. The second kappa shape index (κ2) is 11.1. The topological polar surface area (TPSA) is 115 Å². The highest BCUT2D eigenvalue weighted by atomic mass is 35.5. The maximum atomic E-state index is 14.5. The Bertz CT molecular complexity index is 1630. The van der Waals surface area contributed by atoms with Crippen LogP contribution in [0.15, 0.2) is 47.5 Å². The molecule has 230 valence electrons. The highest BCUT2D eigenvalue weighted by molar-refractivity contribution is 8.18. The molecule has 4 rings (SSSR count). The van der Waals surface area contributed by atoms with Crippen LogP contribution in [0.5, 0.6) is 0 Å². The molecule has 1 aliphatic heterocycles. The molecule has 0 saturated carbocycles. The quantitative estimate of drug-likeness (QED) is 0.188. The molecule has 3 aromatic rings. The number of imide groups is 1. The molecule has 0 spiro atoms. The lowest BCUT2D eigenvalue weighted by atomic mass is 9.72. The van der Waals surface area contributed by atoms with E-state index < -0.39 is 64.0 Å². The maximum Gasteiger partial charge on any atom is 0.416 e. The van der Waals surface area contributed by atoms with Crippen LogP contribution >= 0.6 is 23.4 Å². The molecule has 1 atom stereocenters. The summed E-state index contributed by atoms with van der Waals surface area (Å²) in [6.07, 6.45) is -11.3. The first kappa shape index (κ1) is 32.2. The van der Waals surface area contributed by atoms with Gasteiger partial charge in [0, 0.05) is 10.4 Å². The number of aromatic nitrogens is 2. The Hall–Kier alpha value is -3.72. The summed E-state index contributed by atoms with van der Waals surface area (Å²) in [6.45, 7) is 1.87. The number of hydrogen-bond donors (Lipinski definition) is 3. The van der Waals surface area contributed by atoms with E-state index in [9.17, 15) is 45.8 Å². The number of nitrogens with zero attached hydrogens (tertiary/aromatic N) is 2. The molecule has 1 unspecified atom stereocenters. The minimum atomic E-state index is -5.26. The minimum Gasteiger partial charge on any atom is -0.465 e. The van der Waals surface area contributed by atoms with Crippen molar-refractivity contribution in [2.24, 2.45) is 5.41 Å². The number of carbonyl (C=O) groups excluding carboxylic acids is 2. The van der Waals surface area contributed by atoms with Gasteiger partial charge in [-0.2, -0.15) is 31.4 Å². The van der Waals surface area contributed by atoms with Crippen LogP contribution in [0.2, 0.25) is 5.02 Å². The first-order valence-electron chi connectivity index (χ1n) is 12.4. The SMILES string of the molecule is CC(C)(C)C(CN1C(=O)S/C(=C(/Cc2ccc(Cl)cc2C(F)(F)F)c2ccc3[nH]ncc3c2)C1=O)(NC(=O)O)C(F)(F)F. The molecule has 1 aromatic heterocycles. The smallest absolute Gasteiger partial charge is 0.416 e. The number of thioether (sulfide) groups is 1. The molecule has 1 saturated heterocycles. The van der Waals surface area contributed by atoms with Crippen LogP contribution in [0.25, 0.3) is 16.5 Å². The number of aromatic amines is 1. The summed E-state index contributed by atoms with van der Waals surface area (Å²) in [5.74, 6) is -1.22. The van der Waals surface area contributed by atoms with Crippen molar-refractivity contribution >= 4 is 57.1 Å². The number of amides is 3. The van der Waals surface area contributed by atoms with Gasteiger partial charge >= 0.3 is 18.4 Å². The van der Waals surface area contributed by atoms with Crippen LogP contribution in [-0.2, 0) is 17.4 Å². The van der Waals surface area contributed by atoms with Crippen molar-refractivity contribution in [3.63, 3.8) is 0 Å². The molecule has 43 heavy (non-hydrogen) atoms. The molecule has 1 aliphatic rings. The monoisotopic (exact) mass is 648 g/mol. The molecular formula is C27H23ClF6N4O4S. The van der Waals surface area contributed by atoms with Crippen molar-refractivity contribution in [3.05, 3.63) is 69.2 Å². The minimum absolute atomic E-state index is 0.0682. The lowest BCUT2D eigenvalue weighted by Gasteiger charge is -2.46. The number of halogens is 7. The fourth-order valence-corrected chi connectivity index (χ4v) is 5.90. The Kier molecular flexibility index (Phi) is 8.30. The largest absolute Gasteiger partial charge is 0.465 e. The van der Waals surface area contributed by atoms with Crippen LogP contribution in [0.3, 0.4) is 0 Å². The predicted molar refractivity (Wildman–Crippen MR) is 147 cm³/mol. The van der Waals surface area contributed by atoms with Gasteiger partial charge < -0.3 is 10.4 Å². The average molecular weight is 649 g/mol.